The molecule has 0 saturated carbocycles. The van der Waals surface area contributed by atoms with Crippen LogP contribution >= 0.6 is 11.3 Å². The quantitative estimate of drug-likeness (QED) is 0.740. The first kappa shape index (κ1) is 13.5. The molecular weight excluding hydrogens is 292 g/mol. The number of benzene rings is 1. The van der Waals surface area contributed by atoms with Crippen LogP contribution in [-0.4, -0.2) is 14.6 Å². The second-order valence-corrected chi connectivity index (χ2v) is 6.74. The molecule has 2 heterocycles. The second-order valence-electron chi connectivity index (χ2n) is 5.70. The van der Waals surface area contributed by atoms with Crippen LogP contribution in [0, 0.1) is 11.3 Å². The number of hydrogen-bond acceptors (Lipinski definition) is 4. The first-order valence-corrected chi connectivity index (χ1v) is 8.52. The van der Waals surface area contributed by atoms with E-state index in [1.807, 2.05) is 0 Å². The molecular formula is C17H16N4S. The van der Waals surface area contributed by atoms with Gasteiger partial charge < -0.3 is 0 Å². The summed E-state index contributed by atoms with van der Waals surface area (Å²) in [5.41, 5.74) is 5.18. The number of aromatic nitrogens is 3. The van der Waals surface area contributed by atoms with Gasteiger partial charge in [0, 0.05) is 12.0 Å². The van der Waals surface area contributed by atoms with Gasteiger partial charge in [-0.3, -0.25) is 0 Å². The van der Waals surface area contributed by atoms with Crippen LogP contribution in [-0.2, 0) is 19.3 Å². The molecule has 1 aromatic carbocycles. The third kappa shape index (κ3) is 2.03. The Morgan fingerprint density at radius 2 is 2.18 bits per heavy atom. The molecule has 22 heavy (non-hydrogen) atoms. The largest absolute Gasteiger partial charge is 0.216 e. The highest BCUT2D eigenvalue weighted by molar-refractivity contribution is 7.16. The lowest BCUT2D eigenvalue weighted by molar-refractivity contribution is 0.843. The molecule has 0 aliphatic heterocycles. The molecule has 0 fully saturated rings. The van der Waals surface area contributed by atoms with Crippen LogP contribution in [0.2, 0.25) is 0 Å². The number of hydrogen-bond donors (Lipinski definition) is 0. The summed E-state index contributed by atoms with van der Waals surface area (Å²) in [5, 5.41) is 15.1. The standard InChI is InChI=1S/C17H16N4S/c1-2-4-15-20-21-14(10-18)16(19-17(21)22-15)13-8-7-11-5-3-6-12(11)9-13/h7-9H,2-6H2,1H3. The summed E-state index contributed by atoms with van der Waals surface area (Å²) < 4.78 is 1.71. The van der Waals surface area contributed by atoms with E-state index in [0.29, 0.717) is 5.69 Å². The molecule has 0 amide bonds. The Hall–Kier alpha value is -2.19. The fourth-order valence-electron chi connectivity index (χ4n) is 3.12. The minimum absolute atomic E-state index is 0.548. The maximum Gasteiger partial charge on any atom is 0.214 e. The minimum atomic E-state index is 0.548. The first-order chi connectivity index (χ1) is 10.8. The van der Waals surface area contributed by atoms with E-state index in [2.05, 4.69) is 41.3 Å². The fourth-order valence-corrected chi connectivity index (χ4v) is 4.12. The van der Waals surface area contributed by atoms with Crippen LogP contribution in [0.1, 0.15) is 41.6 Å². The average molecular weight is 308 g/mol. The molecule has 5 heteroatoms. The van der Waals surface area contributed by atoms with Crippen molar-refractivity contribution in [1.82, 2.24) is 14.6 Å². The van der Waals surface area contributed by atoms with Crippen molar-refractivity contribution < 1.29 is 0 Å². The van der Waals surface area contributed by atoms with Gasteiger partial charge >= 0.3 is 0 Å². The van der Waals surface area contributed by atoms with Crippen molar-refractivity contribution in [3.8, 4) is 17.3 Å². The van der Waals surface area contributed by atoms with Crippen LogP contribution in [0.5, 0.6) is 0 Å². The van der Waals surface area contributed by atoms with Gasteiger partial charge in [-0.05, 0) is 42.9 Å². The van der Waals surface area contributed by atoms with Crippen molar-refractivity contribution in [3.63, 3.8) is 0 Å². The monoisotopic (exact) mass is 308 g/mol. The lowest BCUT2D eigenvalue weighted by atomic mass is 10.0. The molecule has 0 spiro atoms. The molecule has 0 unspecified atom stereocenters. The van der Waals surface area contributed by atoms with Gasteiger partial charge in [-0.2, -0.15) is 14.9 Å². The van der Waals surface area contributed by atoms with Crippen molar-refractivity contribution in [3.05, 3.63) is 40.0 Å². The van der Waals surface area contributed by atoms with Gasteiger partial charge in [-0.1, -0.05) is 30.4 Å². The maximum atomic E-state index is 9.55. The van der Waals surface area contributed by atoms with Crippen molar-refractivity contribution in [2.75, 3.05) is 0 Å². The van der Waals surface area contributed by atoms with Crippen LogP contribution < -0.4 is 0 Å². The molecule has 0 saturated heterocycles. The highest BCUT2D eigenvalue weighted by Gasteiger charge is 2.19. The topological polar surface area (TPSA) is 54.0 Å². The Morgan fingerprint density at radius 3 is 3.00 bits per heavy atom. The molecule has 0 radical (unpaired) electrons. The van der Waals surface area contributed by atoms with E-state index in [9.17, 15) is 5.26 Å². The van der Waals surface area contributed by atoms with E-state index in [0.717, 1.165) is 40.5 Å². The highest BCUT2D eigenvalue weighted by Crippen LogP contribution is 2.31. The molecule has 3 aromatic rings. The fraction of sp³-hybridized carbons (Fsp3) is 0.353. The molecule has 0 bridgehead atoms. The lowest BCUT2D eigenvalue weighted by Gasteiger charge is -2.02. The number of aryl methyl sites for hydroxylation is 3. The summed E-state index contributed by atoms with van der Waals surface area (Å²) in [6, 6.07) is 8.75. The smallest absolute Gasteiger partial charge is 0.214 e. The van der Waals surface area contributed by atoms with E-state index in [1.165, 1.54) is 24.0 Å². The normalized spacial score (nSPS) is 13.5. The Kier molecular flexibility index (Phi) is 3.20. The highest BCUT2D eigenvalue weighted by atomic mass is 32.1. The molecule has 2 aromatic heterocycles. The number of nitriles is 1. The van der Waals surface area contributed by atoms with Gasteiger partial charge in [0.15, 0.2) is 5.69 Å². The van der Waals surface area contributed by atoms with Gasteiger partial charge in [-0.15, -0.1) is 0 Å². The summed E-state index contributed by atoms with van der Waals surface area (Å²) in [6.45, 7) is 2.13. The lowest BCUT2D eigenvalue weighted by Crippen LogP contribution is -1.93. The Bertz CT molecular complexity index is 897. The number of imidazole rings is 1. The minimum Gasteiger partial charge on any atom is -0.216 e. The molecule has 4 rings (SSSR count). The summed E-state index contributed by atoms with van der Waals surface area (Å²) in [4.78, 5) is 5.49. The van der Waals surface area contributed by atoms with E-state index in [1.54, 1.807) is 15.9 Å². The molecule has 0 atom stereocenters. The van der Waals surface area contributed by atoms with Crippen LogP contribution in [0.15, 0.2) is 18.2 Å². The number of fused-ring (bicyclic) bond motifs is 2. The summed E-state index contributed by atoms with van der Waals surface area (Å²) >= 11 is 1.58. The number of nitrogens with zero attached hydrogens (tertiary/aromatic N) is 4. The zero-order valence-corrected chi connectivity index (χ0v) is 13.3. The summed E-state index contributed by atoms with van der Waals surface area (Å²) in [6.07, 6.45) is 5.51. The molecule has 0 N–H and O–H groups in total. The Balaban J connectivity index is 1.84. The molecule has 1 aliphatic rings. The summed E-state index contributed by atoms with van der Waals surface area (Å²) in [5.74, 6) is 0. The Labute approximate surface area is 133 Å². The SMILES string of the molecule is CCCc1nn2c(C#N)c(-c3ccc4c(c3)CCC4)nc2s1. The zero-order valence-electron chi connectivity index (χ0n) is 12.5. The van der Waals surface area contributed by atoms with E-state index in [-0.39, 0.29) is 0 Å². The van der Waals surface area contributed by atoms with Crippen molar-refractivity contribution >= 4 is 16.3 Å². The van der Waals surface area contributed by atoms with Gasteiger partial charge in [0.05, 0.1) is 0 Å². The van der Waals surface area contributed by atoms with Gasteiger partial charge in [0.25, 0.3) is 0 Å². The average Bonchev–Trinajstić information content (AvgIpc) is 3.19. The predicted molar refractivity (Wildman–Crippen MR) is 87.0 cm³/mol. The van der Waals surface area contributed by atoms with Gasteiger partial charge in [-0.25, -0.2) is 4.98 Å². The van der Waals surface area contributed by atoms with Crippen molar-refractivity contribution in [1.29, 1.82) is 5.26 Å². The van der Waals surface area contributed by atoms with E-state index in [4.69, 9.17) is 0 Å². The van der Waals surface area contributed by atoms with Gasteiger partial charge in [0.1, 0.15) is 16.8 Å². The van der Waals surface area contributed by atoms with Crippen LogP contribution in [0.3, 0.4) is 0 Å². The van der Waals surface area contributed by atoms with Crippen LogP contribution in [0.4, 0.5) is 0 Å². The first-order valence-electron chi connectivity index (χ1n) is 7.71. The van der Waals surface area contributed by atoms with E-state index >= 15 is 0 Å². The van der Waals surface area contributed by atoms with Crippen LogP contribution in [0.25, 0.3) is 16.2 Å². The Morgan fingerprint density at radius 1 is 1.32 bits per heavy atom. The molecule has 4 nitrogen and oxygen atoms in total. The number of rotatable bonds is 3. The maximum absolute atomic E-state index is 9.55. The third-order valence-corrected chi connectivity index (χ3v) is 5.16. The van der Waals surface area contributed by atoms with Crippen molar-refractivity contribution in [2.24, 2.45) is 0 Å². The molecule has 1 aliphatic carbocycles. The third-order valence-electron chi connectivity index (χ3n) is 4.19. The molecule has 110 valence electrons. The second kappa shape index (κ2) is 5.22. The van der Waals surface area contributed by atoms with Gasteiger partial charge in [0.2, 0.25) is 4.96 Å². The van der Waals surface area contributed by atoms with Crippen molar-refractivity contribution in [2.45, 2.75) is 39.0 Å². The predicted octanol–water partition coefficient (Wildman–Crippen LogP) is 3.77. The summed E-state index contributed by atoms with van der Waals surface area (Å²) in [7, 11) is 0. The van der Waals surface area contributed by atoms with E-state index < -0.39 is 0 Å². The zero-order chi connectivity index (χ0) is 15.1.